The minimum absolute atomic E-state index is 0.0657. The SMILES string of the molecule is CCCCC(N(C)C)C(O)(P(=O)(O)O)P(=O)(O)O. The second-order valence-electron chi connectivity index (χ2n) is 4.40. The molecule has 0 aromatic carbocycles. The van der Waals surface area contributed by atoms with Crippen LogP contribution in [0.5, 0.6) is 0 Å². The van der Waals surface area contributed by atoms with Gasteiger partial charge in [-0.3, -0.25) is 9.13 Å². The molecule has 0 aliphatic carbocycles. The summed E-state index contributed by atoms with van der Waals surface area (Å²) in [6.07, 6.45) is 1.21. The molecule has 5 N–H and O–H groups in total. The summed E-state index contributed by atoms with van der Waals surface area (Å²) in [5, 5.41) is 6.60. The summed E-state index contributed by atoms with van der Waals surface area (Å²) in [5.74, 6) is 0. The smallest absolute Gasteiger partial charge is 0.366 e. The number of aliphatic hydroxyl groups is 1. The maximum atomic E-state index is 11.3. The van der Waals surface area contributed by atoms with Crippen LogP contribution in [0.4, 0.5) is 0 Å². The largest absolute Gasteiger partial charge is 0.371 e. The standard InChI is InChI=1S/C8H21NO7P2/c1-4-5-6-7(9(2)3)8(10,17(11,12)13)18(14,15)16/h7,10H,4-6H2,1-3H3,(H2,11,12,13)(H2,14,15,16). The molecule has 1 unspecified atom stereocenters. The van der Waals surface area contributed by atoms with E-state index in [-0.39, 0.29) is 6.42 Å². The molecule has 0 fully saturated rings. The van der Waals surface area contributed by atoms with Crippen LogP contribution in [0.25, 0.3) is 0 Å². The lowest BCUT2D eigenvalue weighted by Gasteiger charge is -2.39. The number of hydrogen-bond donors (Lipinski definition) is 5. The molecule has 8 nitrogen and oxygen atoms in total. The van der Waals surface area contributed by atoms with E-state index < -0.39 is 26.3 Å². The number of unbranched alkanes of at least 4 members (excludes halogenated alkanes) is 1. The predicted octanol–water partition coefficient (Wildman–Crippen LogP) is 0.108. The van der Waals surface area contributed by atoms with Crippen LogP contribution in [0.2, 0.25) is 0 Å². The third kappa shape index (κ3) is 3.62. The summed E-state index contributed by atoms with van der Waals surface area (Å²) in [4.78, 5) is 37.7. The lowest BCUT2D eigenvalue weighted by molar-refractivity contribution is 0.0497. The van der Waals surface area contributed by atoms with Gasteiger partial charge in [0.15, 0.2) is 0 Å². The number of nitrogens with zero attached hydrogens (tertiary/aromatic N) is 1. The molecule has 0 rings (SSSR count). The first-order valence-corrected chi connectivity index (χ1v) is 8.62. The molecule has 0 spiro atoms. The molecule has 110 valence electrons. The minimum atomic E-state index is -5.41. The van der Waals surface area contributed by atoms with Gasteiger partial charge in [0, 0.05) is 0 Å². The van der Waals surface area contributed by atoms with Crippen LogP contribution in [0, 0.1) is 0 Å². The normalized spacial score (nSPS) is 16.1. The van der Waals surface area contributed by atoms with Crippen LogP contribution in [0.3, 0.4) is 0 Å². The van der Waals surface area contributed by atoms with Crippen molar-refractivity contribution in [2.24, 2.45) is 0 Å². The van der Waals surface area contributed by atoms with Crippen molar-refractivity contribution in [2.75, 3.05) is 14.1 Å². The fraction of sp³-hybridized carbons (Fsp3) is 1.00. The van der Waals surface area contributed by atoms with Crippen molar-refractivity contribution in [3.05, 3.63) is 0 Å². The lowest BCUT2D eigenvalue weighted by atomic mass is 10.1. The Bertz CT molecular complexity index is 338. The average molecular weight is 305 g/mol. The van der Waals surface area contributed by atoms with Crippen molar-refractivity contribution >= 4 is 15.2 Å². The van der Waals surface area contributed by atoms with Crippen molar-refractivity contribution in [1.29, 1.82) is 0 Å². The molecule has 1 atom stereocenters. The molecule has 0 radical (unpaired) electrons. The first-order valence-electron chi connectivity index (χ1n) is 5.39. The summed E-state index contributed by atoms with van der Waals surface area (Å²) in [5.41, 5.74) is 0. The maximum absolute atomic E-state index is 11.3. The maximum Gasteiger partial charge on any atom is 0.371 e. The van der Waals surface area contributed by atoms with Gasteiger partial charge in [-0.05, 0) is 20.5 Å². The Morgan fingerprint density at radius 2 is 1.50 bits per heavy atom. The Balaban J connectivity index is 5.68. The van der Waals surface area contributed by atoms with Gasteiger partial charge in [-0.2, -0.15) is 0 Å². The van der Waals surface area contributed by atoms with Gasteiger partial charge >= 0.3 is 15.2 Å². The quantitative estimate of drug-likeness (QED) is 0.418. The van der Waals surface area contributed by atoms with Gasteiger partial charge in [0.1, 0.15) is 0 Å². The van der Waals surface area contributed by atoms with E-state index in [0.717, 1.165) is 0 Å². The summed E-state index contributed by atoms with van der Waals surface area (Å²) in [6.45, 7) is 1.82. The highest BCUT2D eigenvalue weighted by Gasteiger charge is 2.64. The van der Waals surface area contributed by atoms with Crippen LogP contribution < -0.4 is 0 Å². The lowest BCUT2D eigenvalue weighted by Crippen LogP contribution is -2.49. The number of hydrogen-bond acceptors (Lipinski definition) is 4. The Labute approximate surface area is 106 Å². The molecule has 18 heavy (non-hydrogen) atoms. The highest BCUT2D eigenvalue weighted by molar-refractivity contribution is 7.72. The van der Waals surface area contributed by atoms with Crippen LogP contribution in [0.1, 0.15) is 26.2 Å². The van der Waals surface area contributed by atoms with Gasteiger partial charge in [0.25, 0.3) is 5.08 Å². The molecule has 10 heteroatoms. The van der Waals surface area contributed by atoms with E-state index in [1.807, 2.05) is 6.92 Å². The average Bonchev–Trinajstić information content (AvgIpc) is 2.13. The summed E-state index contributed by atoms with van der Waals surface area (Å²) in [7, 11) is -8.02. The van der Waals surface area contributed by atoms with E-state index in [4.69, 9.17) is 19.6 Å². The zero-order valence-electron chi connectivity index (χ0n) is 10.6. The van der Waals surface area contributed by atoms with Crippen molar-refractivity contribution in [2.45, 2.75) is 37.3 Å². The molecule has 0 saturated carbocycles. The molecular formula is C8H21NO7P2. The molecule has 0 aromatic rings. The van der Waals surface area contributed by atoms with E-state index in [1.54, 1.807) is 0 Å². The highest BCUT2D eigenvalue weighted by atomic mass is 31.2. The zero-order chi connectivity index (χ0) is 14.8. The fourth-order valence-electron chi connectivity index (χ4n) is 1.75. The summed E-state index contributed by atoms with van der Waals surface area (Å²) in [6, 6.07) is -1.33. The Hall–Kier alpha value is 0.220. The highest BCUT2D eigenvalue weighted by Crippen LogP contribution is 2.69. The van der Waals surface area contributed by atoms with E-state index in [2.05, 4.69) is 0 Å². The van der Waals surface area contributed by atoms with Gasteiger partial charge in [-0.25, -0.2) is 0 Å². The third-order valence-corrected chi connectivity index (χ3v) is 6.63. The van der Waals surface area contributed by atoms with Crippen molar-refractivity contribution in [3.63, 3.8) is 0 Å². The molecule has 0 aliphatic rings. The number of likely N-dealkylation sites (N-methyl/N-ethyl adjacent to an activating group) is 1. The van der Waals surface area contributed by atoms with Gasteiger partial charge in [0.2, 0.25) is 0 Å². The van der Waals surface area contributed by atoms with Crippen LogP contribution in [0.15, 0.2) is 0 Å². The van der Waals surface area contributed by atoms with Crippen molar-refractivity contribution < 1.29 is 33.8 Å². The molecule has 0 amide bonds. The topological polar surface area (TPSA) is 139 Å². The zero-order valence-corrected chi connectivity index (χ0v) is 12.4. The molecular weight excluding hydrogens is 284 g/mol. The van der Waals surface area contributed by atoms with Gasteiger partial charge in [0.05, 0.1) is 6.04 Å². The van der Waals surface area contributed by atoms with Crippen LogP contribution in [-0.4, -0.2) is 54.8 Å². The van der Waals surface area contributed by atoms with E-state index in [1.165, 1.54) is 19.0 Å². The molecule has 0 bridgehead atoms. The van der Waals surface area contributed by atoms with Gasteiger partial charge < -0.3 is 29.6 Å². The summed E-state index contributed by atoms with van der Waals surface area (Å²) < 4.78 is 22.7. The van der Waals surface area contributed by atoms with E-state index in [0.29, 0.717) is 12.8 Å². The fourth-order valence-corrected chi connectivity index (χ4v) is 4.61. The third-order valence-electron chi connectivity index (χ3n) is 2.76. The minimum Gasteiger partial charge on any atom is -0.366 e. The van der Waals surface area contributed by atoms with Crippen molar-refractivity contribution in [1.82, 2.24) is 4.90 Å². The van der Waals surface area contributed by atoms with Crippen molar-refractivity contribution in [3.8, 4) is 0 Å². The first kappa shape index (κ1) is 18.2. The summed E-state index contributed by atoms with van der Waals surface area (Å²) >= 11 is 0. The second kappa shape index (κ2) is 6.11. The first-order chi connectivity index (χ1) is 7.89. The monoisotopic (exact) mass is 305 g/mol. The Morgan fingerprint density at radius 3 is 1.72 bits per heavy atom. The molecule has 0 aromatic heterocycles. The Kier molecular flexibility index (Phi) is 6.19. The van der Waals surface area contributed by atoms with Gasteiger partial charge in [-0.15, -0.1) is 0 Å². The van der Waals surface area contributed by atoms with Crippen LogP contribution in [-0.2, 0) is 9.13 Å². The van der Waals surface area contributed by atoms with E-state index >= 15 is 0 Å². The molecule has 0 heterocycles. The van der Waals surface area contributed by atoms with Crippen LogP contribution >= 0.6 is 15.2 Å². The van der Waals surface area contributed by atoms with Gasteiger partial charge in [-0.1, -0.05) is 19.8 Å². The number of rotatable bonds is 7. The predicted molar refractivity (Wildman–Crippen MR) is 66.0 cm³/mol. The molecule has 0 saturated heterocycles. The molecule has 0 aliphatic heterocycles. The Morgan fingerprint density at radius 1 is 1.11 bits per heavy atom. The van der Waals surface area contributed by atoms with E-state index in [9.17, 15) is 14.2 Å². The second-order valence-corrected chi connectivity index (χ2v) is 8.29.